The van der Waals surface area contributed by atoms with Gasteiger partial charge in [0, 0.05) is 43.5 Å². The van der Waals surface area contributed by atoms with Crippen LogP contribution in [0.25, 0.3) is 0 Å². The van der Waals surface area contributed by atoms with Crippen LogP contribution in [0.5, 0.6) is 0 Å². The number of ether oxygens (including phenoxy) is 2. The molecule has 9 rings (SSSR count). The Morgan fingerprint density at radius 1 is 0.523 bits per heavy atom. The molecule has 0 spiro atoms. The monoisotopic (exact) mass is 1280 g/mol. The van der Waals surface area contributed by atoms with Crippen molar-refractivity contribution in [3.63, 3.8) is 0 Å². The number of halogens is 1. The summed E-state index contributed by atoms with van der Waals surface area (Å²) in [4.78, 5) is 55.6. The van der Waals surface area contributed by atoms with E-state index >= 15 is 0 Å². The number of ketones is 2. The molecule has 20 nitrogen and oxygen atoms in total. The molecule has 0 aliphatic carbocycles. The van der Waals surface area contributed by atoms with Crippen LogP contribution in [0.3, 0.4) is 0 Å². The average molecular weight is 1280 g/mol. The summed E-state index contributed by atoms with van der Waals surface area (Å²) in [5.41, 5.74) is 1.69. The lowest BCUT2D eigenvalue weighted by Gasteiger charge is -2.32. The molecular formula is C64H98B3BrN8O12. The van der Waals surface area contributed by atoms with Crippen molar-refractivity contribution in [1.82, 2.24) is 39.8 Å². The van der Waals surface area contributed by atoms with Crippen LogP contribution in [0, 0.1) is 0 Å². The summed E-state index contributed by atoms with van der Waals surface area (Å²) in [7, 11) is -1.47. The minimum absolute atomic E-state index is 0.0113. The van der Waals surface area contributed by atoms with Gasteiger partial charge in [0.25, 0.3) is 0 Å². The molecule has 0 radical (unpaired) electrons. The minimum atomic E-state index is -0.606. The van der Waals surface area contributed by atoms with Gasteiger partial charge in [-0.15, -0.1) is 10.2 Å². The number of benzene rings is 2. The number of rotatable bonds is 8. The second-order valence-corrected chi connectivity index (χ2v) is 32.0. The molecule has 0 unspecified atom stereocenters. The van der Waals surface area contributed by atoms with Gasteiger partial charge in [0.1, 0.15) is 22.6 Å². The molecule has 2 aromatic heterocycles. The van der Waals surface area contributed by atoms with Gasteiger partial charge in [-0.1, -0.05) is 50.6 Å². The highest BCUT2D eigenvalue weighted by Crippen LogP contribution is 2.44. The predicted molar refractivity (Wildman–Crippen MR) is 344 cm³/mol. The largest absolute Gasteiger partial charge is 0.494 e. The number of carbonyl (C=O) groups is 4. The van der Waals surface area contributed by atoms with E-state index in [1.165, 1.54) is 0 Å². The fourth-order valence-corrected chi connectivity index (χ4v) is 10.8. The topological polar surface area (TPSA) is 210 Å². The molecule has 24 heteroatoms. The smallest absolute Gasteiger partial charge is 0.444 e. The first kappa shape index (κ1) is 70.5. The average Bonchev–Trinajstić information content (AvgIpc) is 1.99. The van der Waals surface area contributed by atoms with Crippen molar-refractivity contribution in [2.24, 2.45) is 0 Å². The van der Waals surface area contributed by atoms with Crippen LogP contribution >= 0.6 is 15.9 Å². The molecule has 4 aromatic rings. The highest BCUT2D eigenvalue weighted by atomic mass is 79.9. The maximum Gasteiger partial charge on any atom is 0.494 e. The summed E-state index contributed by atoms with van der Waals surface area (Å²) in [6.45, 7) is 49.4. The summed E-state index contributed by atoms with van der Waals surface area (Å²) >= 11 is 3.53. The number of hydrogen-bond donors (Lipinski definition) is 0. The van der Waals surface area contributed by atoms with E-state index in [0.29, 0.717) is 56.8 Å². The molecule has 2 amide bonds. The van der Waals surface area contributed by atoms with Crippen LogP contribution in [0.4, 0.5) is 9.59 Å². The second-order valence-electron chi connectivity index (χ2n) is 31.1. The Morgan fingerprint density at radius 3 is 1.20 bits per heavy atom. The predicted octanol–water partition coefficient (Wildman–Crippen LogP) is 12.4. The number of amides is 2. The lowest BCUT2D eigenvalue weighted by Crippen LogP contribution is -2.41. The van der Waals surface area contributed by atoms with E-state index in [4.69, 9.17) is 37.4 Å². The summed E-state index contributed by atoms with van der Waals surface area (Å²) in [6, 6.07) is 12.2. The molecule has 5 aliphatic rings. The Morgan fingerprint density at radius 2 is 0.864 bits per heavy atom. The lowest BCUT2D eigenvalue weighted by atomic mass is 9.49. The Bertz CT molecular complexity index is 3110. The van der Waals surface area contributed by atoms with E-state index in [0.717, 1.165) is 32.2 Å². The molecule has 3 fully saturated rings. The van der Waals surface area contributed by atoms with Crippen molar-refractivity contribution in [2.75, 3.05) is 13.1 Å². The fourth-order valence-electron chi connectivity index (χ4n) is 10.4. The molecule has 0 bridgehead atoms. The van der Waals surface area contributed by atoms with E-state index in [1.807, 2.05) is 197 Å². The van der Waals surface area contributed by atoms with E-state index in [2.05, 4.69) is 42.6 Å². The number of carbonyl (C=O) groups excluding carboxylic acids is 4. The van der Waals surface area contributed by atoms with E-state index < -0.39 is 43.5 Å². The van der Waals surface area contributed by atoms with Crippen LogP contribution in [0.2, 0.25) is 0 Å². The zero-order valence-electron chi connectivity index (χ0n) is 57.0. The first-order chi connectivity index (χ1) is 40.1. The van der Waals surface area contributed by atoms with Crippen molar-refractivity contribution in [1.29, 1.82) is 0 Å². The number of aromatic nitrogens is 6. The summed E-state index contributed by atoms with van der Waals surface area (Å²) < 4.78 is 52.1. The third-order valence-electron chi connectivity index (χ3n) is 17.8. The van der Waals surface area contributed by atoms with Crippen LogP contribution in [-0.2, 0) is 61.6 Å². The first-order valence-electron chi connectivity index (χ1n) is 30.9. The van der Waals surface area contributed by atoms with Gasteiger partial charge in [-0.25, -0.2) is 19.0 Å². The molecule has 3 saturated heterocycles. The highest BCUT2D eigenvalue weighted by molar-refractivity contribution is 9.10. The highest BCUT2D eigenvalue weighted by Gasteiger charge is 2.64. The fraction of sp³-hybridized carbons (Fsp3) is 0.688. The number of hydrogen-bond acceptors (Lipinski definition) is 16. The van der Waals surface area contributed by atoms with Crippen LogP contribution < -0.4 is 5.46 Å². The zero-order valence-corrected chi connectivity index (χ0v) is 58.6. The normalized spacial score (nSPS) is 21.9. The van der Waals surface area contributed by atoms with E-state index in [9.17, 15) is 19.2 Å². The molecule has 5 aliphatic heterocycles. The molecular weight excluding hydrogens is 1190 g/mol. The van der Waals surface area contributed by atoms with Crippen LogP contribution in [0.1, 0.15) is 247 Å². The Hall–Kier alpha value is -4.97. The molecule has 2 aromatic carbocycles. The minimum Gasteiger partial charge on any atom is -0.444 e. The first-order valence-corrected chi connectivity index (χ1v) is 31.7. The van der Waals surface area contributed by atoms with Gasteiger partial charge in [-0.05, 0) is 231 Å². The van der Waals surface area contributed by atoms with Gasteiger partial charge in [0.2, 0.25) is 0 Å². The summed E-state index contributed by atoms with van der Waals surface area (Å²) in [5, 5.41) is 16.5. The van der Waals surface area contributed by atoms with E-state index in [1.54, 1.807) is 31.6 Å². The van der Waals surface area contributed by atoms with Crippen molar-refractivity contribution >= 4 is 66.3 Å². The zero-order chi connectivity index (χ0) is 65.9. The van der Waals surface area contributed by atoms with Crippen molar-refractivity contribution in [3.8, 4) is 0 Å². The quantitative estimate of drug-likeness (QED) is 0.119. The molecule has 0 saturated carbocycles. The molecule has 2 atom stereocenters. The van der Waals surface area contributed by atoms with Crippen molar-refractivity contribution in [3.05, 3.63) is 86.9 Å². The Balaban J connectivity index is 0.000000201. The Kier molecular flexibility index (Phi) is 20.2. The number of nitrogens with zero attached hydrogens (tertiary/aromatic N) is 8. The SMILES string of the molecule is CC(C)(C)OC(=O)N1CC[C@@H](CC(=O)c2cn(C(C)(C)C)nn2)c2ccc(B3OC(C)(C)C(C)(C)O3)cc2C1.CC(C)(C)OC(=O)N1CC[C@@H](CC(=O)c2cn(C(C)(C)C)nn2)c2ccc(Br)cc2C1.CC1(C)OB(B2OC(C)(C)C(C)(C)O2)OC1(C)C. The Labute approximate surface area is 532 Å². The summed E-state index contributed by atoms with van der Waals surface area (Å²) in [5.74, 6) is -0.211. The maximum atomic E-state index is 13.3. The molecule has 88 heavy (non-hydrogen) atoms. The van der Waals surface area contributed by atoms with E-state index in [-0.39, 0.29) is 75.5 Å². The van der Waals surface area contributed by atoms with Crippen LogP contribution in [0.15, 0.2) is 53.3 Å². The number of Topliss-reactive ketones (excluding diaryl/α,β-unsaturated/α-hetero) is 2. The van der Waals surface area contributed by atoms with Gasteiger partial charge in [0.15, 0.2) is 11.6 Å². The molecule has 482 valence electrons. The lowest BCUT2D eigenvalue weighted by molar-refractivity contribution is 0.00578. The molecule has 7 heterocycles. The molecule has 0 N–H and O–H groups in total. The van der Waals surface area contributed by atoms with Gasteiger partial charge < -0.3 is 47.2 Å². The van der Waals surface area contributed by atoms with Crippen LogP contribution in [-0.4, -0.2) is 143 Å². The van der Waals surface area contributed by atoms with Gasteiger partial charge >= 0.3 is 33.3 Å². The third-order valence-corrected chi connectivity index (χ3v) is 18.3. The van der Waals surface area contributed by atoms with Crippen molar-refractivity contribution in [2.45, 2.75) is 273 Å². The maximum absolute atomic E-state index is 13.3. The third kappa shape index (κ3) is 16.8. The van der Waals surface area contributed by atoms with Gasteiger partial charge in [0.05, 0.1) is 57.1 Å². The second kappa shape index (κ2) is 25.3. The number of fused-ring (bicyclic) bond motifs is 2. The standard InChI is InChI=1S/C29H43BN4O5.C23H31BrN4O3.C12H24B2O4/c1-26(2,3)34-18-23(31-32-34)24(35)16-19-13-14-33(25(36)37-27(4,5)6)17-20-15-21(11-12-22(19)20)30-38-28(7,8)29(9,10)39-30;1-22(2,3)28-14-19(25-26-28)20(29)12-15-9-10-27(21(30)31-23(4,5)6)13-16-11-17(24)7-8-18(15)16;1-9(2)10(3,4)16-13(15-9)14-17-11(5,6)12(7,8)18-14/h11-12,15,18-19H,13-14,16-17H2,1-10H3;7-8,11,14-15H,9-10,12-13H2,1-6H3;1-8H3/t19-;15-;/m00./s1. The van der Waals surface area contributed by atoms with Gasteiger partial charge in [-0.3, -0.25) is 9.59 Å². The van der Waals surface area contributed by atoms with Gasteiger partial charge in [-0.2, -0.15) is 0 Å². The van der Waals surface area contributed by atoms with Crippen molar-refractivity contribution < 1.29 is 56.6 Å². The summed E-state index contributed by atoms with van der Waals surface area (Å²) in [6.07, 6.45) is 4.62.